The molecule has 4 N–H and O–H groups in total. The molecule has 0 amide bonds. The molecule has 3 nitrogen and oxygen atoms in total. The Kier molecular flexibility index (Phi) is 5.80. The minimum Gasteiger partial charge on any atom is -0.396 e. The summed E-state index contributed by atoms with van der Waals surface area (Å²) in [5, 5.41) is 8.55. The number of rotatable bonds is 4. The van der Waals surface area contributed by atoms with Gasteiger partial charge in [-0.05, 0) is 25.0 Å². The van der Waals surface area contributed by atoms with Gasteiger partial charge in [0.15, 0.2) is 0 Å². The molecule has 0 spiro atoms. The van der Waals surface area contributed by atoms with Crippen molar-refractivity contribution in [2.75, 3.05) is 6.61 Å². The van der Waals surface area contributed by atoms with Gasteiger partial charge >= 0.3 is 0 Å². The van der Waals surface area contributed by atoms with E-state index in [0.717, 1.165) is 18.5 Å². The smallest absolute Gasteiger partial charge is 0.0448 e. The lowest BCUT2D eigenvalue weighted by atomic mass is 10.1. The highest BCUT2D eigenvalue weighted by atomic mass is 35.5. The van der Waals surface area contributed by atoms with Crippen LogP contribution in [-0.2, 0) is 0 Å². The lowest BCUT2D eigenvalue weighted by molar-refractivity contribution is 0.279. The quantitative estimate of drug-likeness (QED) is 0.669. The molecule has 1 heterocycles. The summed E-state index contributed by atoms with van der Waals surface area (Å²) in [7, 11) is 0. The molecule has 1 rings (SSSR count). The SMILES string of the molecule is Cl.N[C@H](CCCO)c1ccc[nH]1. The molecule has 0 aliphatic heterocycles. The number of aliphatic hydroxyl groups is 1. The molecular weight excluding hydrogens is 176 g/mol. The van der Waals surface area contributed by atoms with Crippen molar-refractivity contribution in [3.05, 3.63) is 24.0 Å². The number of halogens is 1. The Bertz CT molecular complexity index is 189. The molecule has 0 aromatic carbocycles. The van der Waals surface area contributed by atoms with E-state index in [1.807, 2.05) is 18.3 Å². The van der Waals surface area contributed by atoms with E-state index in [9.17, 15) is 0 Å². The first kappa shape index (κ1) is 11.5. The normalized spacial score (nSPS) is 12.2. The molecule has 0 saturated carbocycles. The fourth-order valence-electron chi connectivity index (χ4n) is 1.04. The molecular formula is C8H15ClN2O. The van der Waals surface area contributed by atoms with E-state index in [1.165, 1.54) is 0 Å². The van der Waals surface area contributed by atoms with Gasteiger partial charge in [0.05, 0.1) is 0 Å². The molecule has 1 aromatic heterocycles. The van der Waals surface area contributed by atoms with Crippen LogP contribution in [-0.4, -0.2) is 16.7 Å². The second kappa shape index (κ2) is 6.06. The van der Waals surface area contributed by atoms with Crippen molar-refractivity contribution in [3.8, 4) is 0 Å². The first-order chi connectivity index (χ1) is 5.34. The summed E-state index contributed by atoms with van der Waals surface area (Å²) in [5.74, 6) is 0. The van der Waals surface area contributed by atoms with Crippen LogP contribution in [0.5, 0.6) is 0 Å². The van der Waals surface area contributed by atoms with E-state index in [4.69, 9.17) is 10.8 Å². The third-order valence-corrected chi connectivity index (χ3v) is 1.69. The Morgan fingerprint density at radius 3 is 2.83 bits per heavy atom. The second-order valence-electron chi connectivity index (χ2n) is 2.60. The summed E-state index contributed by atoms with van der Waals surface area (Å²) < 4.78 is 0. The van der Waals surface area contributed by atoms with Crippen LogP contribution in [0.15, 0.2) is 18.3 Å². The Morgan fingerprint density at radius 1 is 1.58 bits per heavy atom. The maximum Gasteiger partial charge on any atom is 0.0448 e. The molecule has 1 atom stereocenters. The first-order valence-electron chi connectivity index (χ1n) is 3.84. The van der Waals surface area contributed by atoms with E-state index in [2.05, 4.69) is 4.98 Å². The van der Waals surface area contributed by atoms with E-state index < -0.39 is 0 Å². The third-order valence-electron chi connectivity index (χ3n) is 1.69. The number of nitrogens with one attached hydrogen (secondary N) is 1. The summed E-state index contributed by atoms with van der Waals surface area (Å²) in [6.45, 7) is 0.217. The van der Waals surface area contributed by atoms with E-state index >= 15 is 0 Å². The Morgan fingerprint density at radius 2 is 2.33 bits per heavy atom. The fraction of sp³-hybridized carbons (Fsp3) is 0.500. The Labute approximate surface area is 78.4 Å². The predicted octanol–water partition coefficient (Wildman–Crippen LogP) is 1.21. The monoisotopic (exact) mass is 190 g/mol. The molecule has 0 aliphatic rings. The maximum absolute atomic E-state index is 8.55. The van der Waals surface area contributed by atoms with E-state index in [0.29, 0.717) is 0 Å². The average Bonchev–Trinajstić information content (AvgIpc) is 2.52. The molecule has 4 heteroatoms. The van der Waals surface area contributed by atoms with Gasteiger partial charge in [0.2, 0.25) is 0 Å². The third kappa shape index (κ3) is 3.26. The van der Waals surface area contributed by atoms with Crippen LogP contribution in [0.25, 0.3) is 0 Å². The highest BCUT2D eigenvalue weighted by Gasteiger charge is 2.04. The molecule has 70 valence electrons. The lowest BCUT2D eigenvalue weighted by Crippen LogP contribution is -2.10. The fourth-order valence-corrected chi connectivity index (χ4v) is 1.04. The topological polar surface area (TPSA) is 62.0 Å². The molecule has 0 radical (unpaired) electrons. The number of aromatic nitrogens is 1. The maximum atomic E-state index is 8.55. The van der Waals surface area contributed by atoms with Gasteiger partial charge in [0.1, 0.15) is 0 Å². The van der Waals surface area contributed by atoms with Crippen molar-refractivity contribution in [2.24, 2.45) is 5.73 Å². The molecule has 0 fully saturated rings. The summed E-state index contributed by atoms with van der Waals surface area (Å²) in [5.41, 5.74) is 6.82. The number of H-pyrrole nitrogens is 1. The Balaban J connectivity index is 0.00000121. The van der Waals surface area contributed by atoms with Crippen LogP contribution in [0, 0.1) is 0 Å². The van der Waals surface area contributed by atoms with Crippen molar-refractivity contribution in [2.45, 2.75) is 18.9 Å². The standard InChI is InChI=1S/C8H14N2O.ClH/c9-7(3-2-6-11)8-4-1-5-10-8;/h1,4-5,7,10-11H,2-3,6,9H2;1H/t7-;/m1./s1. The van der Waals surface area contributed by atoms with Gasteiger partial charge in [-0.25, -0.2) is 0 Å². The van der Waals surface area contributed by atoms with Crippen molar-refractivity contribution >= 4 is 12.4 Å². The van der Waals surface area contributed by atoms with Crippen molar-refractivity contribution in [3.63, 3.8) is 0 Å². The molecule has 0 aliphatic carbocycles. The van der Waals surface area contributed by atoms with Crippen LogP contribution < -0.4 is 5.73 Å². The first-order valence-corrected chi connectivity index (χ1v) is 3.84. The summed E-state index contributed by atoms with van der Waals surface area (Å²) >= 11 is 0. The zero-order valence-corrected chi connectivity index (χ0v) is 7.68. The van der Waals surface area contributed by atoms with Gasteiger partial charge in [-0.3, -0.25) is 0 Å². The number of hydrogen-bond donors (Lipinski definition) is 3. The van der Waals surface area contributed by atoms with Crippen molar-refractivity contribution in [1.82, 2.24) is 4.98 Å². The van der Waals surface area contributed by atoms with Crippen LogP contribution in [0.1, 0.15) is 24.6 Å². The lowest BCUT2D eigenvalue weighted by Gasteiger charge is -2.07. The molecule has 12 heavy (non-hydrogen) atoms. The minimum atomic E-state index is 0. The summed E-state index contributed by atoms with van der Waals surface area (Å²) in [4.78, 5) is 3.04. The van der Waals surface area contributed by atoms with E-state index in [1.54, 1.807) is 0 Å². The van der Waals surface area contributed by atoms with Gasteiger partial charge < -0.3 is 15.8 Å². The summed E-state index contributed by atoms with van der Waals surface area (Å²) in [6.07, 6.45) is 3.45. The largest absolute Gasteiger partial charge is 0.396 e. The molecule has 0 bridgehead atoms. The average molecular weight is 191 g/mol. The zero-order chi connectivity index (χ0) is 8.10. The zero-order valence-electron chi connectivity index (χ0n) is 6.86. The molecule has 0 saturated heterocycles. The highest BCUT2D eigenvalue weighted by Crippen LogP contribution is 2.12. The van der Waals surface area contributed by atoms with Crippen LogP contribution in [0.3, 0.4) is 0 Å². The van der Waals surface area contributed by atoms with Crippen LogP contribution in [0.4, 0.5) is 0 Å². The van der Waals surface area contributed by atoms with Gasteiger partial charge in [-0.1, -0.05) is 0 Å². The van der Waals surface area contributed by atoms with Gasteiger partial charge in [0.25, 0.3) is 0 Å². The number of aromatic amines is 1. The van der Waals surface area contributed by atoms with Gasteiger partial charge in [-0.15, -0.1) is 12.4 Å². The predicted molar refractivity (Wildman–Crippen MR) is 51.3 cm³/mol. The van der Waals surface area contributed by atoms with Gasteiger partial charge in [0, 0.05) is 24.5 Å². The number of hydrogen-bond acceptors (Lipinski definition) is 2. The van der Waals surface area contributed by atoms with Crippen LogP contribution in [0.2, 0.25) is 0 Å². The summed E-state index contributed by atoms with van der Waals surface area (Å²) in [6, 6.07) is 3.92. The van der Waals surface area contributed by atoms with E-state index in [-0.39, 0.29) is 25.1 Å². The molecule has 0 unspecified atom stereocenters. The van der Waals surface area contributed by atoms with Crippen molar-refractivity contribution in [1.29, 1.82) is 0 Å². The number of nitrogens with two attached hydrogens (primary N) is 1. The van der Waals surface area contributed by atoms with Crippen molar-refractivity contribution < 1.29 is 5.11 Å². The highest BCUT2D eigenvalue weighted by molar-refractivity contribution is 5.85. The van der Waals surface area contributed by atoms with Crippen LogP contribution >= 0.6 is 12.4 Å². The Hall–Kier alpha value is -0.510. The number of aliphatic hydroxyl groups excluding tert-OH is 1. The minimum absolute atomic E-state index is 0. The second-order valence-corrected chi connectivity index (χ2v) is 2.60. The van der Waals surface area contributed by atoms with Gasteiger partial charge in [-0.2, -0.15) is 0 Å². The molecule has 1 aromatic rings.